The van der Waals surface area contributed by atoms with Crippen molar-refractivity contribution in [1.82, 2.24) is 39.7 Å². The molecule has 8 rings (SSSR count). The van der Waals surface area contributed by atoms with Crippen LogP contribution in [0.25, 0.3) is 0 Å². The third-order valence-electron chi connectivity index (χ3n) is 13.5. The number of nitrogens with one attached hydrogen (secondary N) is 5. The van der Waals surface area contributed by atoms with E-state index in [0.717, 1.165) is 68.5 Å². The molecule has 6 aromatic rings. The highest BCUT2D eigenvalue weighted by molar-refractivity contribution is 6.66. The summed E-state index contributed by atoms with van der Waals surface area (Å²) in [7, 11) is 11.6. The Morgan fingerprint density at radius 3 is 1.43 bits per heavy atom. The summed E-state index contributed by atoms with van der Waals surface area (Å²) in [6.07, 6.45) is 9.54. The van der Waals surface area contributed by atoms with Crippen LogP contribution >= 0.6 is 11.6 Å². The Kier molecular flexibility index (Phi) is 21.7. The van der Waals surface area contributed by atoms with E-state index in [9.17, 15) is 19.8 Å². The second kappa shape index (κ2) is 28.3. The molecule has 2 aliphatic heterocycles. The number of rotatable bonds is 19. The molecule has 4 heterocycles. The average molecular weight is 1130 g/mol. The number of hydrogen-bond acceptors (Lipinski definition) is 21. The molecule has 2 atom stereocenters. The number of nitrogens with zero attached hydrogens (tertiary/aromatic N) is 10. The number of halogens is 1. The number of anilines is 12. The van der Waals surface area contributed by atoms with Gasteiger partial charge in [-0.05, 0) is 130 Å². The lowest BCUT2D eigenvalue weighted by atomic mass is 9.96. The Morgan fingerprint density at radius 1 is 0.642 bits per heavy atom. The number of benzene rings is 4. The summed E-state index contributed by atoms with van der Waals surface area (Å²) in [6.45, 7) is 17.2. The van der Waals surface area contributed by atoms with Crippen LogP contribution in [0.4, 0.5) is 69.3 Å². The van der Waals surface area contributed by atoms with Crippen molar-refractivity contribution < 1.29 is 29.3 Å². The summed E-state index contributed by atoms with van der Waals surface area (Å²) in [5.41, 5.74) is 11.6. The molecule has 9 N–H and O–H groups in total. The fourth-order valence-electron chi connectivity index (χ4n) is 9.26. The van der Waals surface area contributed by atoms with Crippen molar-refractivity contribution in [3.05, 3.63) is 122 Å². The van der Waals surface area contributed by atoms with E-state index in [2.05, 4.69) is 117 Å². The molecule has 2 saturated heterocycles. The molecule has 2 fully saturated rings. The highest BCUT2D eigenvalue weighted by Crippen LogP contribution is 2.41. The first-order valence-corrected chi connectivity index (χ1v) is 26.8. The molecule has 432 valence electrons. The number of nitrogens with two attached hydrogens (primary N) is 1. The van der Waals surface area contributed by atoms with Crippen LogP contribution in [0.15, 0.2) is 111 Å². The third kappa shape index (κ3) is 17.4. The van der Waals surface area contributed by atoms with E-state index in [1.165, 1.54) is 25.2 Å². The second-order valence-electron chi connectivity index (χ2n) is 20.8. The number of para-hydroxylation sites is 2. The van der Waals surface area contributed by atoms with E-state index in [1.807, 2.05) is 72.8 Å². The molecule has 0 unspecified atom stereocenters. The first kappa shape index (κ1) is 62.1. The normalized spacial score (nSPS) is 15.2. The van der Waals surface area contributed by atoms with Gasteiger partial charge in [-0.1, -0.05) is 49.6 Å². The molecule has 2 aliphatic rings. The van der Waals surface area contributed by atoms with Crippen molar-refractivity contribution in [2.75, 3.05) is 111 Å². The number of aromatic nitrogens is 6. The summed E-state index contributed by atoms with van der Waals surface area (Å²) < 4.78 is 11.4. The Hall–Kier alpha value is -8.15. The Morgan fingerprint density at radius 2 is 1.04 bits per heavy atom. The van der Waals surface area contributed by atoms with Gasteiger partial charge in [0.1, 0.15) is 24.2 Å². The lowest BCUT2D eigenvalue weighted by molar-refractivity contribution is -0.112. The number of ether oxygens (including phenoxy) is 2. The molecule has 4 aromatic carbocycles. The van der Waals surface area contributed by atoms with Crippen LogP contribution in [0.1, 0.15) is 64.5 Å². The number of methoxy groups -OCH3 is 2. The van der Waals surface area contributed by atoms with Gasteiger partial charge in [0.05, 0.1) is 59.5 Å². The van der Waals surface area contributed by atoms with E-state index in [1.54, 1.807) is 41.9 Å². The van der Waals surface area contributed by atoms with E-state index in [4.69, 9.17) is 26.8 Å². The largest absolute Gasteiger partial charge is 0.494 e. The molecular weight excluding hydrogens is 1050 g/mol. The van der Waals surface area contributed by atoms with Crippen molar-refractivity contribution in [3.63, 3.8) is 0 Å². The number of amides is 1. The zero-order chi connectivity index (χ0) is 59.0. The minimum absolute atomic E-state index is 0.274. The summed E-state index contributed by atoms with van der Waals surface area (Å²) in [4.78, 5) is 56.9. The van der Waals surface area contributed by atoms with Gasteiger partial charge in [0.25, 0.3) is 0 Å². The second-order valence-corrected chi connectivity index (χ2v) is 21.1. The van der Waals surface area contributed by atoms with Gasteiger partial charge in [-0.2, -0.15) is 9.97 Å². The Balaban J connectivity index is 0.000000242. The first-order valence-electron chi connectivity index (χ1n) is 26.4. The van der Waals surface area contributed by atoms with Gasteiger partial charge >= 0.3 is 0 Å². The topological polar surface area (TPSA) is 270 Å². The number of carbonyl (C=O) groups excluding carboxylic acids is 2. The summed E-state index contributed by atoms with van der Waals surface area (Å²) in [5, 5.41) is 36.3. The third-order valence-corrected chi connectivity index (χ3v) is 13.7. The maximum Gasteiger partial charge on any atom is 0.247 e. The molecule has 0 radical (unpaired) electrons. The number of hydrogen-bond donors (Lipinski definition) is 8. The number of allylic oxidation sites excluding steroid dienone is 1. The maximum atomic E-state index is 12.4. The number of piperidine rings is 2. The summed E-state index contributed by atoms with van der Waals surface area (Å²) >= 11 is 4.71. The average Bonchev–Trinajstić information content (AvgIpc) is 3.44. The van der Waals surface area contributed by atoms with Gasteiger partial charge in [0.2, 0.25) is 34.9 Å². The summed E-state index contributed by atoms with van der Waals surface area (Å²) in [5.74, 6) is 2.16. The van der Waals surface area contributed by atoms with Crippen LogP contribution in [0.5, 0.6) is 11.5 Å². The zero-order valence-electron chi connectivity index (χ0n) is 47.9. The predicted octanol–water partition coefficient (Wildman–Crippen LogP) is 8.89. The van der Waals surface area contributed by atoms with Crippen LogP contribution in [-0.2, 0) is 20.8 Å². The fourth-order valence-corrected chi connectivity index (χ4v) is 9.26. The van der Waals surface area contributed by atoms with Crippen LogP contribution in [0.3, 0.4) is 0 Å². The molecule has 0 saturated carbocycles. The van der Waals surface area contributed by atoms with Gasteiger partial charge in [0, 0.05) is 72.9 Å². The van der Waals surface area contributed by atoms with E-state index in [-0.39, 0.29) is 11.9 Å². The highest BCUT2D eigenvalue weighted by atomic mass is 35.5. The lowest BCUT2D eigenvalue weighted by Gasteiger charge is -2.38. The number of likely N-dealkylation sites (N-methyl/N-ethyl adjacent to an activating group) is 2. The predicted molar refractivity (Wildman–Crippen MR) is 324 cm³/mol. The molecule has 23 heteroatoms. The van der Waals surface area contributed by atoms with Crippen molar-refractivity contribution in [3.8, 4) is 11.5 Å². The molecule has 81 heavy (non-hydrogen) atoms. The molecular formula is C58H77ClN16O6. The van der Waals surface area contributed by atoms with Gasteiger partial charge in [-0.3, -0.25) is 9.59 Å². The smallest absolute Gasteiger partial charge is 0.247 e. The van der Waals surface area contributed by atoms with Crippen molar-refractivity contribution in [1.29, 1.82) is 0 Å². The monoisotopic (exact) mass is 1130 g/mol. The maximum absolute atomic E-state index is 12.4. The first-order chi connectivity index (χ1) is 38.5. The molecule has 0 aliphatic carbocycles. The van der Waals surface area contributed by atoms with Crippen LogP contribution in [0.2, 0.25) is 0 Å². The van der Waals surface area contributed by atoms with Crippen LogP contribution in [0, 0.1) is 0 Å². The molecule has 0 bridgehead atoms. The lowest BCUT2D eigenvalue weighted by Crippen LogP contribution is -2.45. The molecule has 2 aromatic heterocycles. The van der Waals surface area contributed by atoms with Gasteiger partial charge in [-0.25, -0.2) is 19.9 Å². The van der Waals surface area contributed by atoms with Gasteiger partial charge < -0.3 is 71.6 Å². The molecule has 22 nitrogen and oxygen atoms in total. The van der Waals surface area contributed by atoms with Gasteiger partial charge in [0.15, 0.2) is 0 Å². The van der Waals surface area contributed by atoms with Crippen molar-refractivity contribution in [2.45, 2.75) is 76.7 Å². The number of carbonyl (C=O) groups is 2. The minimum Gasteiger partial charge on any atom is -0.494 e. The van der Waals surface area contributed by atoms with Crippen molar-refractivity contribution in [2.24, 2.45) is 0 Å². The number of aliphatic hydroxyl groups is 2. The fraction of sp³-hybridized carbons (Fsp3) is 0.379. The van der Waals surface area contributed by atoms with Crippen LogP contribution in [-0.4, -0.2) is 142 Å². The van der Waals surface area contributed by atoms with Crippen LogP contribution < -0.4 is 51.6 Å². The van der Waals surface area contributed by atoms with Gasteiger partial charge in [-0.15, -0.1) is 0 Å². The molecule has 0 spiro atoms. The van der Waals surface area contributed by atoms with E-state index < -0.39 is 16.4 Å². The summed E-state index contributed by atoms with van der Waals surface area (Å²) in [6, 6.07) is 23.4. The Labute approximate surface area is 479 Å². The standard InChI is InChI=1S/C29H38N8O3.C26H36N8O2.C3H3ClO/c1-7-26(38)32-22-15-23(25(40-6)16-24(22)37-14-10-11-19(17-37)36(4)5)34-28-31-18-30-27(35-28)33-21-13-9-8-12-20(21)29(2,3)39;1-26(2,35)18-10-6-7-11-20(18)30-24-28-16-29-25(32-24)31-21-13-19(27)22(14-23(21)36-5)34-12-8-9-17(15-34)33(3)4;1-2-3(4)5/h7-9,12-13,15-16,18-19,39H,1,10-11,14,17H2,2-6H3,(H,32,38)(H2,30,31,33,34,35);6-7,10-11,13-14,16-17,35H,8-9,12,15,27H2,1-5H3,(H2,28,29,30,31,32);2H,1H2/t19-;17-;/m11./s1. The highest BCUT2D eigenvalue weighted by Gasteiger charge is 2.28. The minimum atomic E-state index is -1.06. The zero-order valence-corrected chi connectivity index (χ0v) is 48.7. The van der Waals surface area contributed by atoms with Crippen molar-refractivity contribution >= 4 is 92.0 Å². The quantitative estimate of drug-likeness (QED) is 0.0214. The number of nitrogen functional groups attached to an aromatic ring is 1. The van der Waals surface area contributed by atoms with E-state index >= 15 is 0 Å². The SMILES string of the molecule is C=CC(=O)Cl.C=CC(=O)Nc1cc(Nc2ncnc(Nc3ccccc3C(C)(C)O)n2)c(OC)cc1N1CCC[C@@H](N(C)C)C1.COc1cc(N2CCC[C@@H](N(C)C)C2)c(N)cc1Nc1ncnc(Nc2ccccc2C(C)(C)O)n1. The van der Waals surface area contributed by atoms with E-state index in [0.29, 0.717) is 81.1 Å². The molecule has 1 amide bonds. The Bertz CT molecular complexity index is 3110.